The lowest BCUT2D eigenvalue weighted by Crippen LogP contribution is -1.91. The molecule has 0 spiro atoms. The molecule has 0 aromatic carbocycles. The van der Waals surface area contributed by atoms with Gasteiger partial charge in [0, 0.05) is 23.3 Å². The van der Waals surface area contributed by atoms with Gasteiger partial charge < -0.3 is 9.55 Å². The Balaban J connectivity index is 1.53. The molecule has 6 heterocycles. The number of aryl methyl sites for hydroxylation is 1. The Bertz CT molecular complexity index is 1470. The quantitative estimate of drug-likeness (QED) is 0.434. The van der Waals surface area contributed by atoms with Crippen LogP contribution in [0.1, 0.15) is 5.69 Å². The van der Waals surface area contributed by atoms with E-state index in [-0.39, 0.29) is 0 Å². The zero-order valence-electron chi connectivity index (χ0n) is 15.4. The highest BCUT2D eigenvalue weighted by atomic mass is 15.1. The van der Waals surface area contributed by atoms with E-state index in [4.69, 9.17) is 4.98 Å². The Morgan fingerprint density at radius 2 is 2.03 bits per heavy atom. The summed E-state index contributed by atoms with van der Waals surface area (Å²) in [6, 6.07) is 6.00. The Morgan fingerprint density at radius 3 is 2.86 bits per heavy atom. The van der Waals surface area contributed by atoms with Crippen LogP contribution in [-0.2, 0) is 0 Å². The topological polar surface area (TPSA) is 117 Å². The van der Waals surface area contributed by atoms with E-state index < -0.39 is 0 Å². The first-order valence-corrected chi connectivity index (χ1v) is 9.08. The second-order valence-corrected chi connectivity index (χ2v) is 6.88. The van der Waals surface area contributed by atoms with E-state index in [1.54, 1.807) is 12.5 Å². The minimum absolute atomic E-state index is 0.759. The predicted molar refractivity (Wildman–Crippen MR) is 108 cm³/mol. The van der Waals surface area contributed by atoms with Crippen LogP contribution >= 0.6 is 0 Å². The minimum Gasteiger partial charge on any atom is -0.352 e. The molecular formula is C20H15N9. The van der Waals surface area contributed by atoms with Crippen LogP contribution in [0.3, 0.4) is 0 Å². The van der Waals surface area contributed by atoms with Gasteiger partial charge >= 0.3 is 0 Å². The second kappa shape index (κ2) is 5.86. The van der Waals surface area contributed by atoms with Crippen molar-refractivity contribution in [2.45, 2.75) is 6.92 Å². The van der Waals surface area contributed by atoms with Gasteiger partial charge in [0.05, 0.1) is 58.7 Å². The van der Waals surface area contributed by atoms with Gasteiger partial charge in [-0.2, -0.15) is 10.2 Å². The van der Waals surface area contributed by atoms with Crippen molar-refractivity contribution in [2.75, 3.05) is 0 Å². The molecule has 0 atom stereocenters. The number of H-pyrrole nitrogens is 3. The lowest BCUT2D eigenvalue weighted by Gasteiger charge is -2.02. The summed E-state index contributed by atoms with van der Waals surface area (Å²) in [5.41, 5.74) is 7.88. The van der Waals surface area contributed by atoms with Crippen molar-refractivity contribution in [3.63, 3.8) is 0 Å². The molecule has 0 aliphatic heterocycles. The average Bonchev–Trinajstić information content (AvgIpc) is 3.51. The number of rotatable bonds is 3. The van der Waals surface area contributed by atoms with Crippen LogP contribution in [0.4, 0.5) is 0 Å². The number of fused-ring (bicyclic) bond motifs is 2. The van der Waals surface area contributed by atoms with E-state index in [1.165, 1.54) is 0 Å². The molecule has 3 N–H and O–H groups in total. The van der Waals surface area contributed by atoms with Gasteiger partial charge in [-0.05, 0) is 25.1 Å². The first-order chi connectivity index (χ1) is 14.3. The zero-order valence-corrected chi connectivity index (χ0v) is 15.4. The molecule has 0 fully saturated rings. The molecule has 0 saturated carbocycles. The van der Waals surface area contributed by atoms with Gasteiger partial charge in [-0.15, -0.1) is 0 Å². The molecule has 0 aliphatic carbocycles. The molecule has 140 valence electrons. The number of imidazole rings is 1. The predicted octanol–water partition coefficient (Wildman–Crippen LogP) is 3.39. The molecule has 9 heteroatoms. The molecule has 0 radical (unpaired) electrons. The van der Waals surface area contributed by atoms with E-state index in [0.29, 0.717) is 0 Å². The summed E-state index contributed by atoms with van der Waals surface area (Å²) in [5, 5.41) is 15.4. The number of nitrogens with zero attached hydrogens (tertiary/aromatic N) is 6. The number of hydrogen-bond donors (Lipinski definition) is 3. The molecule has 0 unspecified atom stereocenters. The first-order valence-electron chi connectivity index (χ1n) is 9.08. The summed E-state index contributed by atoms with van der Waals surface area (Å²) in [7, 11) is 0. The number of pyridine rings is 2. The normalized spacial score (nSPS) is 11.6. The van der Waals surface area contributed by atoms with Gasteiger partial charge in [-0.1, -0.05) is 0 Å². The highest BCUT2D eigenvalue weighted by Crippen LogP contribution is 2.31. The highest BCUT2D eigenvalue weighted by molar-refractivity contribution is 5.96. The lowest BCUT2D eigenvalue weighted by atomic mass is 10.2. The van der Waals surface area contributed by atoms with E-state index in [1.807, 2.05) is 48.4 Å². The van der Waals surface area contributed by atoms with Crippen LogP contribution in [0.2, 0.25) is 0 Å². The Hall–Kier alpha value is -4.27. The first kappa shape index (κ1) is 15.8. The molecule has 0 bridgehead atoms. The van der Waals surface area contributed by atoms with Gasteiger partial charge in [0.25, 0.3) is 0 Å². The van der Waals surface area contributed by atoms with Crippen molar-refractivity contribution in [1.29, 1.82) is 0 Å². The standard InChI is InChI=1S/C20H15N9/c1-11-9-29(10-22-11)18-8-21-7-17-13(18)4-16(25-17)20-19-15(27-28-20)3-2-14(26-19)12-5-23-24-6-12/h2-10,25H,1H3,(H,23,24)(H,27,28). The van der Waals surface area contributed by atoms with Crippen molar-refractivity contribution in [2.24, 2.45) is 0 Å². The van der Waals surface area contributed by atoms with Crippen molar-refractivity contribution in [3.8, 4) is 28.3 Å². The fourth-order valence-electron chi connectivity index (χ4n) is 3.56. The molecule has 9 nitrogen and oxygen atoms in total. The summed E-state index contributed by atoms with van der Waals surface area (Å²) in [6.07, 6.45) is 11.0. The Labute approximate surface area is 163 Å². The van der Waals surface area contributed by atoms with Crippen molar-refractivity contribution < 1.29 is 0 Å². The largest absolute Gasteiger partial charge is 0.352 e. The summed E-state index contributed by atoms with van der Waals surface area (Å²) in [6.45, 7) is 1.96. The number of aromatic nitrogens is 9. The van der Waals surface area contributed by atoms with Gasteiger partial charge in [0.1, 0.15) is 11.2 Å². The van der Waals surface area contributed by atoms with Crippen molar-refractivity contribution in [3.05, 3.63) is 61.2 Å². The van der Waals surface area contributed by atoms with Crippen molar-refractivity contribution in [1.82, 2.24) is 44.9 Å². The summed E-state index contributed by atoms with van der Waals surface area (Å²) in [5.74, 6) is 0. The van der Waals surface area contributed by atoms with Gasteiger partial charge in [0.2, 0.25) is 0 Å². The Morgan fingerprint density at radius 1 is 1.07 bits per heavy atom. The summed E-state index contributed by atoms with van der Waals surface area (Å²) >= 11 is 0. The smallest absolute Gasteiger partial charge is 0.135 e. The van der Waals surface area contributed by atoms with E-state index in [0.717, 1.165) is 56.0 Å². The lowest BCUT2D eigenvalue weighted by molar-refractivity contribution is 1.05. The molecule has 0 amide bonds. The fraction of sp³-hybridized carbons (Fsp3) is 0.0500. The SMILES string of the molecule is Cc1cn(-c2cncc3[nH]c(-c4n[nH]c5ccc(-c6cn[nH]c6)nc45)cc23)cn1. The van der Waals surface area contributed by atoms with Crippen LogP contribution in [-0.4, -0.2) is 44.9 Å². The molecule has 0 aliphatic rings. The second-order valence-electron chi connectivity index (χ2n) is 6.88. The third kappa shape index (κ3) is 2.44. The molecule has 6 aromatic heterocycles. The third-order valence-corrected chi connectivity index (χ3v) is 4.97. The fourth-order valence-corrected chi connectivity index (χ4v) is 3.56. The molecule has 0 saturated heterocycles. The van der Waals surface area contributed by atoms with Crippen LogP contribution in [0.25, 0.3) is 50.3 Å². The monoisotopic (exact) mass is 381 g/mol. The maximum absolute atomic E-state index is 4.80. The zero-order chi connectivity index (χ0) is 19.4. The molecule has 29 heavy (non-hydrogen) atoms. The highest BCUT2D eigenvalue weighted by Gasteiger charge is 2.16. The maximum atomic E-state index is 4.80. The van der Waals surface area contributed by atoms with Gasteiger partial charge in [0.15, 0.2) is 0 Å². The van der Waals surface area contributed by atoms with Gasteiger partial charge in [-0.25, -0.2) is 9.97 Å². The maximum Gasteiger partial charge on any atom is 0.135 e. The summed E-state index contributed by atoms with van der Waals surface area (Å²) < 4.78 is 1.97. The summed E-state index contributed by atoms with van der Waals surface area (Å²) in [4.78, 5) is 16.9. The molecule has 6 aromatic rings. The van der Waals surface area contributed by atoms with Crippen LogP contribution in [0.15, 0.2) is 55.5 Å². The van der Waals surface area contributed by atoms with E-state index >= 15 is 0 Å². The van der Waals surface area contributed by atoms with E-state index in [2.05, 4.69) is 41.4 Å². The Kier molecular flexibility index (Phi) is 3.19. The third-order valence-electron chi connectivity index (χ3n) is 4.97. The number of aromatic amines is 3. The number of hydrogen-bond acceptors (Lipinski definition) is 5. The van der Waals surface area contributed by atoms with Crippen LogP contribution in [0, 0.1) is 6.92 Å². The molecular weight excluding hydrogens is 366 g/mol. The molecule has 6 rings (SSSR count). The van der Waals surface area contributed by atoms with Crippen LogP contribution in [0.5, 0.6) is 0 Å². The van der Waals surface area contributed by atoms with Crippen molar-refractivity contribution >= 4 is 21.9 Å². The number of nitrogens with one attached hydrogen (secondary N) is 3. The van der Waals surface area contributed by atoms with Gasteiger partial charge in [-0.3, -0.25) is 15.2 Å². The minimum atomic E-state index is 0.759. The average molecular weight is 381 g/mol. The van der Waals surface area contributed by atoms with E-state index in [9.17, 15) is 0 Å². The van der Waals surface area contributed by atoms with Crippen LogP contribution < -0.4 is 0 Å².